The van der Waals surface area contributed by atoms with Gasteiger partial charge in [0.2, 0.25) is 12.3 Å². The normalized spacial score (nSPS) is 11.1. The standard InChI is InChI=1S/C16H22N4O3/c1-11-9-12(14-20-19-10-22-14)5-6-13(11)17-7-8-18-15(21)23-16(2,3)4/h5-6,9-10,17H,7-8H2,1-4H3,(H,18,21). The molecule has 0 unspecified atom stereocenters. The highest BCUT2D eigenvalue weighted by atomic mass is 16.6. The Morgan fingerprint density at radius 1 is 1.30 bits per heavy atom. The number of ether oxygens (including phenoxy) is 1. The molecule has 0 radical (unpaired) electrons. The molecule has 0 bridgehead atoms. The van der Waals surface area contributed by atoms with Crippen LogP contribution in [0.5, 0.6) is 0 Å². The molecule has 1 amide bonds. The second kappa shape index (κ2) is 7.13. The molecular formula is C16H22N4O3. The second-order valence-electron chi connectivity index (χ2n) is 6.13. The van der Waals surface area contributed by atoms with E-state index >= 15 is 0 Å². The molecule has 2 rings (SSSR count). The zero-order valence-corrected chi connectivity index (χ0v) is 13.8. The Labute approximate surface area is 135 Å². The SMILES string of the molecule is Cc1cc(-c2nnco2)ccc1NCCNC(=O)OC(C)(C)C. The van der Waals surface area contributed by atoms with E-state index in [-0.39, 0.29) is 0 Å². The molecule has 7 nitrogen and oxygen atoms in total. The number of carbonyl (C=O) groups is 1. The minimum absolute atomic E-state index is 0.414. The lowest BCUT2D eigenvalue weighted by Crippen LogP contribution is -2.35. The summed E-state index contributed by atoms with van der Waals surface area (Å²) in [5.41, 5.74) is 2.42. The average molecular weight is 318 g/mol. The Hall–Kier alpha value is -2.57. The minimum atomic E-state index is -0.487. The molecule has 1 aromatic carbocycles. The fourth-order valence-electron chi connectivity index (χ4n) is 1.97. The van der Waals surface area contributed by atoms with Crippen LogP contribution < -0.4 is 10.6 Å². The Morgan fingerprint density at radius 3 is 2.70 bits per heavy atom. The molecule has 0 atom stereocenters. The molecule has 1 aromatic heterocycles. The summed E-state index contributed by atoms with van der Waals surface area (Å²) in [5.74, 6) is 0.492. The highest BCUT2D eigenvalue weighted by Crippen LogP contribution is 2.22. The van der Waals surface area contributed by atoms with Gasteiger partial charge in [0.05, 0.1) is 0 Å². The van der Waals surface area contributed by atoms with Gasteiger partial charge in [-0.25, -0.2) is 4.79 Å². The maximum absolute atomic E-state index is 11.5. The van der Waals surface area contributed by atoms with Gasteiger partial charge in [0.25, 0.3) is 0 Å². The van der Waals surface area contributed by atoms with Crippen molar-refractivity contribution in [3.05, 3.63) is 30.2 Å². The Balaban J connectivity index is 1.81. The van der Waals surface area contributed by atoms with Crippen molar-refractivity contribution in [3.63, 3.8) is 0 Å². The summed E-state index contributed by atoms with van der Waals surface area (Å²) >= 11 is 0. The quantitative estimate of drug-likeness (QED) is 0.824. The zero-order chi connectivity index (χ0) is 16.9. The molecule has 23 heavy (non-hydrogen) atoms. The van der Waals surface area contributed by atoms with Crippen molar-refractivity contribution in [3.8, 4) is 11.5 Å². The molecule has 0 saturated heterocycles. The van der Waals surface area contributed by atoms with E-state index in [0.29, 0.717) is 19.0 Å². The lowest BCUT2D eigenvalue weighted by atomic mass is 10.1. The fourth-order valence-corrected chi connectivity index (χ4v) is 1.97. The summed E-state index contributed by atoms with van der Waals surface area (Å²) in [6.45, 7) is 8.56. The molecule has 7 heteroatoms. The van der Waals surface area contributed by atoms with Crippen LogP contribution in [0.1, 0.15) is 26.3 Å². The monoisotopic (exact) mass is 318 g/mol. The van der Waals surface area contributed by atoms with Crippen LogP contribution in [-0.2, 0) is 4.74 Å². The predicted molar refractivity (Wildman–Crippen MR) is 87.2 cm³/mol. The molecular weight excluding hydrogens is 296 g/mol. The van der Waals surface area contributed by atoms with Crippen LogP contribution in [0.15, 0.2) is 29.0 Å². The third kappa shape index (κ3) is 5.28. The third-order valence-electron chi connectivity index (χ3n) is 2.94. The number of hydrogen-bond acceptors (Lipinski definition) is 6. The maximum Gasteiger partial charge on any atom is 0.407 e. The lowest BCUT2D eigenvalue weighted by molar-refractivity contribution is 0.0530. The number of amides is 1. The molecule has 2 aromatic rings. The number of anilines is 1. The van der Waals surface area contributed by atoms with E-state index in [2.05, 4.69) is 20.8 Å². The van der Waals surface area contributed by atoms with Crippen molar-refractivity contribution in [2.75, 3.05) is 18.4 Å². The topological polar surface area (TPSA) is 89.3 Å². The molecule has 124 valence electrons. The van der Waals surface area contributed by atoms with Crippen molar-refractivity contribution in [2.45, 2.75) is 33.3 Å². The molecule has 0 saturated carbocycles. The van der Waals surface area contributed by atoms with Gasteiger partial charge in [0.1, 0.15) is 5.60 Å². The van der Waals surface area contributed by atoms with E-state index in [0.717, 1.165) is 16.8 Å². The van der Waals surface area contributed by atoms with E-state index in [9.17, 15) is 4.79 Å². The zero-order valence-electron chi connectivity index (χ0n) is 13.8. The first-order valence-corrected chi connectivity index (χ1v) is 7.43. The van der Waals surface area contributed by atoms with Crippen LogP contribution >= 0.6 is 0 Å². The van der Waals surface area contributed by atoms with Crippen molar-refractivity contribution in [1.82, 2.24) is 15.5 Å². The molecule has 0 aliphatic carbocycles. The number of alkyl carbamates (subject to hydrolysis) is 1. The average Bonchev–Trinajstić information content (AvgIpc) is 2.97. The predicted octanol–water partition coefficient (Wildman–Crippen LogP) is 2.98. The highest BCUT2D eigenvalue weighted by Gasteiger charge is 2.15. The lowest BCUT2D eigenvalue weighted by Gasteiger charge is -2.19. The summed E-state index contributed by atoms with van der Waals surface area (Å²) in [6, 6.07) is 5.82. The van der Waals surface area contributed by atoms with Crippen LogP contribution in [0, 0.1) is 6.92 Å². The van der Waals surface area contributed by atoms with Gasteiger partial charge in [0, 0.05) is 24.3 Å². The summed E-state index contributed by atoms with van der Waals surface area (Å²) < 4.78 is 10.3. The maximum atomic E-state index is 11.5. The van der Waals surface area contributed by atoms with Crippen molar-refractivity contribution in [1.29, 1.82) is 0 Å². The van der Waals surface area contributed by atoms with Gasteiger partial charge >= 0.3 is 6.09 Å². The third-order valence-corrected chi connectivity index (χ3v) is 2.94. The summed E-state index contributed by atoms with van der Waals surface area (Å²) in [7, 11) is 0. The van der Waals surface area contributed by atoms with E-state index in [1.807, 2.05) is 45.9 Å². The van der Waals surface area contributed by atoms with E-state index < -0.39 is 11.7 Å². The van der Waals surface area contributed by atoms with Gasteiger partial charge in [0.15, 0.2) is 0 Å². The Morgan fingerprint density at radius 2 is 2.09 bits per heavy atom. The van der Waals surface area contributed by atoms with Gasteiger partial charge in [-0.1, -0.05) is 0 Å². The number of nitrogens with one attached hydrogen (secondary N) is 2. The number of benzene rings is 1. The smallest absolute Gasteiger partial charge is 0.407 e. The highest BCUT2D eigenvalue weighted by molar-refractivity contribution is 5.67. The van der Waals surface area contributed by atoms with Crippen LogP contribution in [-0.4, -0.2) is 35.0 Å². The summed E-state index contributed by atoms with van der Waals surface area (Å²) in [6.07, 6.45) is 0.891. The Kier molecular flexibility index (Phi) is 5.20. The number of aryl methyl sites for hydroxylation is 1. The number of carbonyl (C=O) groups excluding carboxylic acids is 1. The summed E-state index contributed by atoms with van der Waals surface area (Å²) in [4.78, 5) is 11.5. The van der Waals surface area contributed by atoms with Crippen molar-refractivity contribution >= 4 is 11.8 Å². The molecule has 1 heterocycles. The molecule has 0 aliphatic heterocycles. The largest absolute Gasteiger partial charge is 0.444 e. The van der Waals surface area contributed by atoms with E-state index in [1.54, 1.807) is 0 Å². The summed E-state index contributed by atoms with van der Waals surface area (Å²) in [5, 5.41) is 13.5. The fraction of sp³-hybridized carbons (Fsp3) is 0.438. The van der Waals surface area contributed by atoms with Gasteiger partial charge in [-0.3, -0.25) is 0 Å². The minimum Gasteiger partial charge on any atom is -0.444 e. The number of rotatable bonds is 5. The first-order valence-electron chi connectivity index (χ1n) is 7.43. The first-order chi connectivity index (χ1) is 10.8. The molecule has 0 fully saturated rings. The number of hydrogen-bond donors (Lipinski definition) is 2. The van der Waals surface area contributed by atoms with Gasteiger partial charge in [-0.05, 0) is 51.5 Å². The molecule has 2 N–H and O–H groups in total. The van der Waals surface area contributed by atoms with Gasteiger partial charge < -0.3 is 19.8 Å². The first kappa shape index (κ1) is 16.8. The second-order valence-corrected chi connectivity index (χ2v) is 6.13. The van der Waals surface area contributed by atoms with Crippen LogP contribution in [0.4, 0.5) is 10.5 Å². The van der Waals surface area contributed by atoms with Crippen LogP contribution in [0.25, 0.3) is 11.5 Å². The number of aromatic nitrogens is 2. The molecule has 0 spiro atoms. The van der Waals surface area contributed by atoms with E-state index in [1.165, 1.54) is 6.39 Å². The van der Waals surface area contributed by atoms with Gasteiger partial charge in [-0.15, -0.1) is 10.2 Å². The Bertz CT molecular complexity index is 648. The number of nitrogens with zero attached hydrogens (tertiary/aromatic N) is 2. The van der Waals surface area contributed by atoms with Crippen LogP contribution in [0.3, 0.4) is 0 Å². The van der Waals surface area contributed by atoms with Crippen LogP contribution in [0.2, 0.25) is 0 Å². The molecule has 0 aliphatic rings. The van der Waals surface area contributed by atoms with E-state index in [4.69, 9.17) is 9.15 Å². The van der Waals surface area contributed by atoms with Crippen molar-refractivity contribution < 1.29 is 13.9 Å². The van der Waals surface area contributed by atoms with Crippen molar-refractivity contribution in [2.24, 2.45) is 0 Å². The van der Waals surface area contributed by atoms with Gasteiger partial charge in [-0.2, -0.15) is 0 Å².